The van der Waals surface area contributed by atoms with Crippen LogP contribution in [-0.2, 0) is 4.74 Å². The van der Waals surface area contributed by atoms with E-state index in [0.29, 0.717) is 6.54 Å². The normalized spacial score (nSPS) is 14.2. The average molecular weight is 229 g/mol. The summed E-state index contributed by atoms with van der Waals surface area (Å²) >= 11 is 0. The Morgan fingerprint density at radius 3 is 2.53 bits per heavy atom. The largest absolute Gasteiger partial charge is 0.395 e. The van der Waals surface area contributed by atoms with E-state index in [9.17, 15) is 13.2 Å². The third-order valence-electron chi connectivity index (χ3n) is 1.78. The molecule has 0 heterocycles. The van der Waals surface area contributed by atoms with E-state index in [0.717, 1.165) is 0 Å². The first-order valence-corrected chi connectivity index (χ1v) is 4.98. The standard InChI is InChI=1S/C9H18F3NO2/c1-2-13-8(6-14)7-15-5-3-4-9(10,11)12/h8,13-14H,2-7H2,1H3. The van der Waals surface area contributed by atoms with Gasteiger partial charge in [0.15, 0.2) is 0 Å². The fraction of sp³-hybridized carbons (Fsp3) is 1.00. The van der Waals surface area contributed by atoms with Crippen LogP contribution < -0.4 is 5.32 Å². The number of hydrogen-bond acceptors (Lipinski definition) is 3. The number of alkyl halides is 3. The van der Waals surface area contributed by atoms with Crippen LogP contribution in [0.3, 0.4) is 0 Å². The topological polar surface area (TPSA) is 41.5 Å². The second-order valence-corrected chi connectivity index (χ2v) is 3.23. The van der Waals surface area contributed by atoms with Crippen molar-refractivity contribution in [3.63, 3.8) is 0 Å². The second-order valence-electron chi connectivity index (χ2n) is 3.23. The van der Waals surface area contributed by atoms with Crippen LogP contribution in [0.2, 0.25) is 0 Å². The van der Waals surface area contributed by atoms with E-state index in [1.807, 2.05) is 6.92 Å². The van der Waals surface area contributed by atoms with Gasteiger partial charge in [0.05, 0.1) is 19.3 Å². The van der Waals surface area contributed by atoms with Crippen LogP contribution in [0.15, 0.2) is 0 Å². The van der Waals surface area contributed by atoms with Crippen molar-refractivity contribution in [2.24, 2.45) is 0 Å². The van der Waals surface area contributed by atoms with Crippen molar-refractivity contribution in [1.82, 2.24) is 5.32 Å². The monoisotopic (exact) mass is 229 g/mol. The van der Waals surface area contributed by atoms with Crippen molar-refractivity contribution in [3.05, 3.63) is 0 Å². The van der Waals surface area contributed by atoms with Gasteiger partial charge in [0.2, 0.25) is 0 Å². The van der Waals surface area contributed by atoms with Crippen LogP contribution in [-0.4, -0.2) is 43.7 Å². The summed E-state index contributed by atoms with van der Waals surface area (Å²) in [6.07, 6.45) is -4.97. The molecule has 0 radical (unpaired) electrons. The first-order valence-electron chi connectivity index (χ1n) is 4.98. The maximum absolute atomic E-state index is 11.7. The minimum absolute atomic E-state index is 0.0340. The summed E-state index contributed by atoms with van der Waals surface area (Å²) < 4.78 is 40.2. The minimum atomic E-state index is -4.11. The second kappa shape index (κ2) is 7.90. The highest BCUT2D eigenvalue weighted by atomic mass is 19.4. The third kappa shape index (κ3) is 9.96. The van der Waals surface area contributed by atoms with Crippen LogP contribution in [0.1, 0.15) is 19.8 Å². The predicted molar refractivity (Wildman–Crippen MR) is 50.7 cm³/mol. The Morgan fingerprint density at radius 1 is 1.40 bits per heavy atom. The quantitative estimate of drug-likeness (QED) is 0.617. The van der Waals surface area contributed by atoms with Gasteiger partial charge in [0.1, 0.15) is 0 Å². The lowest BCUT2D eigenvalue weighted by Gasteiger charge is -2.15. The van der Waals surface area contributed by atoms with Crippen molar-refractivity contribution >= 4 is 0 Å². The summed E-state index contributed by atoms with van der Waals surface area (Å²) in [5.41, 5.74) is 0. The first-order chi connectivity index (χ1) is 6.99. The number of hydrogen-bond donors (Lipinski definition) is 2. The molecule has 0 saturated heterocycles. The van der Waals surface area contributed by atoms with Gasteiger partial charge < -0.3 is 15.2 Å². The fourth-order valence-corrected chi connectivity index (χ4v) is 1.07. The molecule has 0 saturated carbocycles. The Morgan fingerprint density at radius 2 is 2.07 bits per heavy atom. The molecule has 1 unspecified atom stereocenters. The highest BCUT2D eigenvalue weighted by molar-refractivity contribution is 4.62. The van der Waals surface area contributed by atoms with Crippen LogP contribution in [0.4, 0.5) is 13.2 Å². The van der Waals surface area contributed by atoms with Gasteiger partial charge in [-0.25, -0.2) is 0 Å². The zero-order valence-corrected chi connectivity index (χ0v) is 8.81. The minimum Gasteiger partial charge on any atom is -0.395 e. The van der Waals surface area contributed by atoms with Gasteiger partial charge in [0.25, 0.3) is 0 Å². The van der Waals surface area contributed by atoms with Gasteiger partial charge in [0, 0.05) is 13.0 Å². The number of likely N-dealkylation sites (N-methyl/N-ethyl adjacent to an activating group) is 1. The van der Waals surface area contributed by atoms with E-state index in [1.54, 1.807) is 0 Å². The van der Waals surface area contributed by atoms with E-state index in [2.05, 4.69) is 5.32 Å². The Labute approximate surface area is 87.6 Å². The molecule has 1 atom stereocenters. The Bertz CT molecular complexity index is 153. The molecule has 0 fully saturated rings. The van der Waals surface area contributed by atoms with Crippen molar-refractivity contribution in [2.75, 3.05) is 26.4 Å². The number of rotatable bonds is 8. The van der Waals surface area contributed by atoms with Crippen molar-refractivity contribution in [2.45, 2.75) is 32.0 Å². The van der Waals surface area contributed by atoms with Crippen molar-refractivity contribution in [3.8, 4) is 0 Å². The predicted octanol–water partition coefficient (Wildman–Crippen LogP) is 1.32. The Balaban J connectivity index is 3.36. The third-order valence-corrected chi connectivity index (χ3v) is 1.78. The molecule has 0 spiro atoms. The van der Waals surface area contributed by atoms with Crippen LogP contribution >= 0.6 is 0 Å². The van der Waals surface area contributed by atoms with Gasteiger partial charge in [-0.2, -0.15) is 13.2 Å². The maximum atomic E-state index is 11.7. The molecule has 0 amide bonds. The number of halogens is 3. The zero-order valence-electron chi connectivity index (χ0n) is 8.81. The molecule has 0 aliphatic heterocycles. The zero-order chi connectivity index (χ0) is 11.7. The molecular formula is C9H18F3NO2. The molecule has 3 nitrogen and oxygen atoms in total. The summed E-state index contributed by atoms with van der Waals surface area (Å²) in [6, 6.07) is -0.194. The fourth-order valence-electron chi connectivity index (χ4n) is 1.07. The van der Waals surface area contributed by atoms with Crippen molar-refractivity contribution < 1.29 is 23.0 Å². The lowest BCUT2D eigenvalue weighted by Crippen LogP contribution is -2.36. The summed E-state index contributed by atoms with van der Waals surface area (Å²) in [4.78, 5) is 0. The van der Waals surface area contributed by atoms with Crippen LogP contribution in [0.5, 0.6) is 0 Å². The molecule has 6 heteroatoms. The highest BCUT2D eigenvalue weighted by Gasteiger charge is 2.25. The molecule has 0 aliphatic rings. The number of ether oxygens (including phenoxy) is 1. The van der Waals surface area contributed by atoms with Crippen LogP contribution in [0, 0.1) is 0 Å². The summed E-state index contributed by atoms with van der Waals surface area (Å²) in [7, 11) is 0. The maximum Gasteiger partial charge on any atom is 0.389 e. The van der Waals surface area contributed by atoms with E-state index >= 15 is 0 Å². The van der Waals surface area contributed by atoms with Gasteiger partial charge in [-0.3, -0.25) is 0 Å². The first kappa shape index (κ1) is 14.7. The molecule has 0 aromatic carbocycles. The molecule has 92 valence electrons. The molecule has 0 aromatic heterocycles. The van der Waals surface area contributed by atoms with Gasteiger partial charge in [-0.15, -0.1) is 0 Å². The van der Waals surface area contributed by atoms with Gasteiger partial charge in [-0.05, 0) is 13.0 Å². The highest BCUT2D eigenvalue weighted by Crippen LogP contribution is 2.20. The molecule has 0 aromatic rings. The molecular weight excluding hydrogens is 211 g/mol. The molecule has 0 rings (SSSR count). The van der Waals surface area contributed by atoms with Crippen LogP contribution in [0.25, 0.3) is 0 Å². The van der Waals surface area contributed by atoms with E-state index in [-0.39, 0.29) is 32.3 Å². The average Bonchev–Trinajstić information content (AvgIpc) is 2.14. The molecule has 0 aliphatic carbocycles. The number of nitrogens with one attached hydrogen (secondary N) is 1. The smallest absolute Gasteiger partial charge is 0.389 e. The molecule has 2 N–H and O–H groups in total. The Kier molecular flexibility index (Phi) is 7.72. The molecule has 0 bridgehead atoms. The van der Waals surface area contributed by atoms with Gasteiger partial charge >= 0.3 is 6.18 Å². The SMILES string of the molecule is CCNC(CO)COCCCC(F)(F)F. The van der Waals surface area contributed by atoms with Gasteiger partial charge in [-0.1, -0.05) is 6.92 Å². The lowest BCUT2D eigenvalue weighted by atomic mass is 10.3. The van der Waals surface area contributed by atoms with Crippen molar-refractivity contribution in [1.29, 1.82) is 0 Å². The number of aliphatic hydroxyl groups excluding tert-OH is 1. The van der Waals surface area contributed by atoms with E-state index in [1.165, 1.54) is 0 Å². The molecule has 15 heavy (non-hydrogen) atoms. The Hall–Kier alpha value is -0.330. The van der Waals surface area contributed by atoms with E-state index in [4.69, 9.17) is 9.84 Å². The van der Waals surface area contributed by atoms with E-state index < -0.39 is 12.6 Å². The summed E-state index contributed by atoms with van der Waals surface area (Å²) in [6.45, 7) is 2.81. The number of aliphatic hydroxyl groups is 1. The summed E-state index contributed by atoms with van der Waals surface area (Å²) in [5.74, 6) is 0. The summed E-state index contributed by atoms with van der Waals surface area (Å²) in [5, 5.41) is 11.8. The lowest BCUT2D eigenvalue weighted by molar-refractivity contribution is -0.138.